The van der Waals surface area contributed by atoms with Gasteiger partial charge in [-0.1, -0.05) is 11.6 Å². The quantitative estimate of drug-likeness (QED) is 0.890. The van der Waals surface area contributed by atoms with Gasteiger partial charge in [-0.05, 0) is 49.9 Å². The van der Waals surface area contributed by atoms with Gasteiger partial charge in [0.05, 0.1) is 12.1 Å². The lowest BCUT2D eigenvalue weighted by molar-refractivity contribution is 0.343. The molecule has 18 heavy (non-hydrogen) atoms. The Kier molecular flexibility index (Phi) is 4.30. The fourth-order valence-corrected chi connectivity index (χ4v) is 2.62. The number of halogens is 2. The van der Waals surface area contributed by atoms with Crippen molar-refractivity contribution in [2.75, 3.05) is 20.2 Å². The topological polar surface area (TPSA) is 41.5 Å². The minimum absolute atomic E-state index is 0.0391. The Balaban J connectivity index is 2.25. The molecule has 0 atom stereocenters. The number of rotatable bonds is 3. The Morgan fingerprint density at radius 2 is 2.17 bits per heavy atom. The summed E-state index contributed by atoms with van der Waals surface area (Å²) < 4.78 is 18.8. The van der Waals surface area contributed by atoms with Gasteiger partial charge in [0, 0.05) is 0 Å². The van der Waals surface area contributed by atoms with Crippen molar-refractivity contribution in [1.82, 2.24) is 5.32 Å². The van der Waals surface area contributed by atoms with Crippen LogP contribution in [0, 0.1) is 11.7 Å². The number of nitrogens with one attached hydrogen (secondary N) is 1. The summed E-state index contributed by atoms with van der Waals surface area (Å²) in [5.74, 6) is -0.702. The molecule has 100 valence electrons. The Bertz CT molecular complexity index is 433. The number of hydrogen-bond acceptors (Lipinski definition) is 3. The van der Waals surface area contributed by atoms with Crippen LogP contribution in [-0.4, -0.2) is 25.3 Å². The third-order valence-corrected chi connectivity index (χ3v) is 3.69. The Morgan fingerprint density at radius 1 is 1.50 bits per heavy atom. The first-order valence-corrected chi connectivity index (χ1v) is 6.45. The highest BCUT2D eigenvalue weighted by molar-refractivity contribution is 6.32. The zero-order valence-electron chi connectivity index (χ0n) is 10.3. The van der Waals surface area contributed by atoms with Gasteiger partial charge in [-0.2, -0.15) is 4.39 Å². The summed E-state index contributed by atoms with van der Waals surface area (Å²) in [6.07, 6.45) is 2.84. The number of phenolic OH excluding ortho intramolecular Hbond substituents is 1. The maximum Gasteiger partial charge on any atom is 0.208 e. The van der Waals surface area contributed by atoms with Crippen LogP contribution in [0.5, 0.6) is 11.5 Å². The molecule has 1 aliphatic rings. The van der Waals surface area contributed by atoms with Crippen molar-refractivity contribution in [3.8, 4) is 11.5 Å². The third-order valence-electron chi connectivity index (χ3n) is 3.40. The van der Waals surface area contributed by atoms with E-state index in [4.69, 9.17) is 16.3 Å². The van der Waals surface area contributed by atoms with Gasteiger partial charge in [-0.3, -0.25) is 0 Å². The fourth-order valence-electron chi connectivity index (χ4n) is 2.41. The average Bonchev–Trinajstić information content (AvgIpc) is 2.38. The van der Waals surface area contributed by atoms with Crippen LogP contribution in [0.25, 0.3) is 0 Å². The van der Waals surface area contributed by atoms with Gasteiger partial charge in [0.15, 0.2) is 11.5 Å². The summed E-state index contributed by atoms with van der Waals surface area (Å²) in [5, 5.41) is 12.8. The molecule has 1 aromatic carbocycles. The van der Waals surface area contributed by atoms with Gasteiger partial charge in [-0.15, -0.1) is 0 Å². The van der Waals surface area contributed by atoms with Crippen LogP contribution in [-0.2, 0) is 6.42 Å². The van der Waals surface area contributed by atoms with E-state index in [1.54, 1.807) is 6.07 Å². The van der Waals surface area contributed by atoms with Crippen LogP contribution in [0.4, 0.5) is 4.39 Å². The van der Waals surface area contributed by atoms with Gasteiger partial charge in [0.25, 0.3) is 0 Å². The first kappa shape index (κ1) is 13.4. The molecule has 1 heterocycles. The molecule has 0 saturated carbocycles. The molecule has 0 aliphatic carbocycles. The maximum atomic E-state index is 13.8. The molecule has 1 fully saturated rings. The molecule has 2 rings (SSSR count). The summed E-state index contributed by atoms with van der Waals surface area (Å²) >= 11 is 5.81. The molecule has 1 saturated heterocycles. The minimum atomic E-state index is -0.770. The molecule has 0 amide bonds. The van der Waals surface area contributed by atoms with Gasteiger partial charge in [0.2, 0.25) is 5.82 Å². The van der Waals surface area contributed by atoms with E-state index in [9.17, 15) is 9.50 Å². The summed E-state index contributed by atoms with van der Waals surface area (Å²) in [4.78, 5) is 0. The van der Waals surface area contributed by atoms with Gasteiger partial charge >= 0.3 is 0 Å². The van der Waals surface area contributed by atoms with Crippen molar-refractivity contribution in [3.05, 3.63) is 22.5 Å². The van der Waals surface area contributed by atoms with Crippen molar-refractivity contribution in [1.29, 1.82) is 0 Å². The zero-order valence-corrected chi connectivity index (χ0v) is 11.1. The molecule has 1 aromatic rings. The molecular formula is C13H17ClFNO2. The number of benzene rings is 1. The van der Waals surface area contributed by atoms with E-state index < -0.39 is 11.6 Å². The SMILES string of the molecule is COc1c(CC2CCNCC2)cc(Cl)c(O)c1F. The number of phenols is 1. The van der Waals surface area contributed by atoms with Crippen LogP contribution >= 0.6 is 11.6 Å². The number of methoxy groups -OCH3 is 1. The molecule has 1 aliphatic heterocycles. The van der Waals surface area contributed by atoms with E-state index in [2.05, 4.69) is 5.32 Å². The van der Waals surface area contributed by atoms with E-state index in [0.29, 0.717) is 5.92 Å². The van der Waals surface area contributed by atoms with E-state index in [-0.39, 0.29) is 10.8 Å². The molecule has 0 bridgehead atoms. The van der Waals surface area contributed by atoms with Crippen LogP contribution < -0.4 is 10.1 Å². The molecule has 0 aromatic heterocycles. The van der Waals surface area contributed by atoms with Crippen LogP contribution in [0.15, 0.2) is 6.07 Å². The summed E-state index contributed by atoms with van der Waals surface area (Å²) in [6, 6.07) is 1.60. The summed E-state index contributed by atoms with van der Waals surface area (Å²) in [6.45, 7) is 1.97. The molecular weight excluding hydrogens is 257 g/mol. The lowest BCUT2D eigenvalue weighted by atomic mass is 9.90. The molecule has 3 nitrogen and oxygen atoms in total. The number of piperidine rings is 1. The first-order chi connectivity index (χ1) is 8.63. The molecule has 2 N–H and O–H groups in total. The molecule has 0 radical (unpaired) electrons. The van der Waals surface area contributed by atoms with Crippen molar-refractivity contribution in [3.63, 3.8) is 0 Å². The fraction of sp³-hybridized carbons (Fsp3) is 0.538. The van der Waals surface area contributed by atoms with Gasteiger partial charge in [0.1, 0.15) is 0 Å². The predicted molar refractivity (Wildman–Crippen MR) is 68.9 cm³/mol. The molecule has 0 spiro atoms. The monoisotopic (exact) mass is 273 g/mol. The smallest absolute Gasteiger partial charge is 0.208 e. The van der Waals surface area contributed by atoms with Gasteiger partial charge in [-0.25, -0.2) is 0 Å². The van der Waals surface area contributed by atoms with Crippen molar-refractivity contribution in [2.45, 2.75) is 19.3 Å². The van der Waals surface area contributed by atoms with E-state index in [0.717, 1.165) is 37.9 Å². The predicted octanol–water partition coefficient (Wildman–Crippen LogP) is 2.74. The Labute approximate surface area is 111 Å². The highest BCUT2D eigenvalue weighted by atomic mass is 35.5. The highest BCUT2D eigenvalue weighted by Crippen LogP contribution is 2.37. The molecule has 0 unspecified atom stereocenters. The Hall–Kier alpha value is -1.00. The summed E-state index contributed by atoms with van der Waals surface area (Å²) in [5.41, 5.74) is 0.727. The Morgan fingerprint density at radius 3 is 2.78 bits per heavy atom. The van der Waals surface area contributed by atoms with Crippen LogP contribution in [0.3, 0.4) is 0 Å². The number of aromatic hydroxyl groups is 1. The van der Waals surface area contributed by atoms with Crippen molar-refractivity contribution in [2.24, 2.45) is 5.92 Å². The van der Waals surface area contributed by atoms with E-state index in [1.807, 2.05) is 0 Å². The van der Waals surface area contributed by atoms with Crippen molar-refractivity contribution >= 4 is 11.6 Å². The second kappa shape index (κ2) is 5.76. The second-order valence-electron chi connectivity index (χ2n) is 4.61. The maximum absolute atomic E-state index is 13.8. The minimum Gasteiger partial charge on any atom is -0.504 e. The number of ether oxygens (including phenoxy) is 1. The van der Waals surface area contributed by atoms with Crippen molar-refractivity contribution < 1.29 is 14.2 Å². The summed E-state index contributed by atoms with van der Waals surface area (Å²) in [7, 11) is 1.40. The average molecular weight is 274 g/mol. The lowest BCUT2D eigenvalue weighted by Crippen LogP contribution is -2.28. The molecule has 5 heteroatoms. The zero-order chi connectivity index (χ0) is 13.1. The standard InChI is InChI=1S/C13H17ClFNO2/c1-18-13-9(6-8-2-4-16-5-3-8)7-10(14)12(17)11(13)15/h7-8,16-17H,2-6H2,1H3. The lowest BCUT2D eigenvalue weighted by Gasteiger charge is -2.23. The van der Waals surface area contributed by atoms with Crippen LogP contribution in [0.2, 0.25) is 5.02 Å². The van der Waals surface area contributed by atoms with E-state index in [1.165, 1.54) is 7.11 Å². The largest absolute Gasteiger partial charge is 0.504 e. The van der Waals surface area contributed by atoms with E-state index >= 15 is 0 Å². The highest BCUT2D eigenvalue weighted by Gasteiger charge is 2.21. The normalized spacial score (nSPS) is 16.8. The first-order valence-electron chi connectivity index (χ1n) is 6.08. The number of hydrogen-bond donors (Lipinski definition) is 2. The third kappa shape index (κ3) is 2.70. The van der Waals surface area contributed by atoms with Gasteiger partial charge < -0.3 is 15.2 Å². The second-order valence-corrected chi connectivity index (χ2v) is 5.02. The van der Waals surface area contributed by atoms with Crippen LogP contribution in [0.1, 0.15) is 18.4 Å².